The Bertz CT molecular complexity index is 1180. The fraction of sp³-hybridized carbons (Fsp3) is 0.273. The number of aromatic amines is 1. The molecular formula is C22H20ClF3N4O5. The third kappa shape index (κ3) is 6.85. The zero-order valence-electron chi connectivity index (χ0n) is 18.0. The van der Waals surface area contributed by atoms with Crippen molar-refractivity contribution < 1.29 is 37.7 Å². The molecule has 3 aromatic rings. The molecular weight excluding hydrogens is 493 g/mol. The van der Waals surface area contributed by atoms with Crippen LogP contribution in [0.1, 0.15) is 29.8 Å². The van der Waals surface area contributed by atoms with Crippen LogP contribution in [0.25, 0.3) is 11.1 Å². The van der Waals surface area contributed by atoms with Crippen molar-refractivity contribution >= 4 is 29.2 Å². The van der Waals surface area contributed by atoms with Crippen LogP contribution < -0.4 is 9.64 Å². The summed E-state index contributed by atoms with van der Waals surface area (Å²) in [6.07, 6.45) is -1.30. The van der Waals surface area contributed by atoms with Crippen molar-refractivity contribution in [1.29, 1.82) is 0 Å². The molecule has 1 aliphatic heterocycles. The van der Waals surface area contributed by atoms with Gasteiger partial charge in [-0.25, -0.2) is 14.7 Å². The summed E-state index contributed by atoms with van der Waals surface area (Å²) in [7, 11) is 0. The number of nitrogens with one attached hydrogen (secondary N) is 1. The number of H-pyrrole nitrogens is 1. The van der Waals surface area contributed by atoms with E-state index in [2.05, 4.69) is 44.6 Å². The van der Waals surface area contributed by atoms with Crippen molar-refractivity contribution in [3.63, 3.8) is 0 Å². The monoisotopic (exact) mass is 512 g/mol. The van der Waals surface area contributed by atoms with E-state index in [0.29, 0.717) is 10.8 Å². The summed E-state index contributed by atoms with van der Waals surface area (Å²) in [5, 5.41) is 26.1. The summed E-state index contributed by atoms with van der Waals surface area (Å²) in [6.45, 7) is 2.21. The Balaban J connectivity index is 0.000000429. The lowest BCUT2D eigenvalue weighted by Crippen LogP contribution is -2.29. The number of aliphatic carboxylic acids is 1. The third-order valence-corrected chi connectivity index (χ3v) is 5.34. The fourth-order valence-corrected chi connectivity index (χ4v) is 3.62. The normalized spacial score (nSPS) is 13.5. The van der Waals surface area contributed by atoms with Gasteiger partial charge in [-0.15, -0.1) is 0 Å². The Morgan fingerprint density at radius 2 is 1.66 bits per heavy atom. The highest BCUT2D eigenvalue weighted by molar-refractivity contribution is 6.33. The molecule has 0 radical (unpaired) electrons. The van der Waals surface area contributed by atoms with Crippen LogP contribution in [-0.4, -0.2) is 56.8 Å². The Kier molecular flexibility index (Phi) is 8.18. The van der Waals surface area contributed by atoms with Gasteiger partial charge in [0.1, 0.15) is 5.75 Å². The summed E-state index contributed by atoms with van der Waals surface area (Å²) < 4.78 is 37.2. The molecule has 1 aliphatic rings. The molecule has 9 nitrogen and oxygen atoms in total. The summed E-state index contributed by atoms with van der Waals surface area (Å²) in [4.78, 5) is 22.4. The van der Waals surface area contributed by atoms with Crippen molar-refractivity contribution in [3.05, 3.63) is 53.2 Å². The van der Waals surface area contributed by atoms with Crippen molar-refractivity contribution in [2.75, 3.05) is 18.0 Å². The van der Waals surface area contributed by atoms with Gasteiger partial charge in [-0.3, -0.25) is 0 Å². The second-order valence-corrected chi connectivity index (χ2v) is 7.85. The molecule has 0 amide bonds. The summed E-state index contributed by atoms with van der Waals surface area (Å²) >= 11 is 6.44. The van der Waals surface area contributed by atoms with Crippen molar-refractivity contribution in [1.82, 2.24) is 15.4 Å². The van der Waals surface area contributed by atoms with Gasteiger partial charge < -0.3 is 19.8 Å². The molecule has 0 bridgehead atoms. The van der Waals surface area contributed by atoms with Crippen LogP contribution in [0.2, 0.25) is 5.02 Å². The molecule has 0 atom stereocenters. The SMILES string of the molecule is O=C(O)C(F)(F)F.O=C(O)c1[nH]nnc1Oc1ccc(-c2ccc(N3CCCCC3)cc2)c(Cl)c1. The number of anilines is 1. The van der Waals surface area contributed by atoms with Gasteiger partial charge in [-0.1, -0.05) is 34.0 Å². The Morgan fingerprint density at radius 3 is 2.20 bits per heavy atom. The molecule has 1 fully saturated rings. The van der Waals surface area contributed by atoms with E-state index in [1.165, 1.54) is 24.9 Å². The van der Waals surface area contributed by atoms with Gasteiger partial charge in [0, 0.05) is 30.4 Å². The van der Waals surface area contributed by atoms with Gasteiger partial charge in [-0.05, 0) is 49.1 Å². The Hall–Kier alpha value is -3.80. The molecule has 0 aliphatic carbocycles. The van der Waals surface area contributed by atoms with E-state index in [1.54, 1.807) is 12.1 Å². The molecule has 1 saturated heterocycles. The van der Waals surface area contributed by atoms with E-state index in [1.807, 2.05) is 6.07 Å². The predicted molar refractivity (Wildman–Crippen MR) is 120 cm³/mol. The zero-order chi connectivity index (χ0) is 25.6. The molecule has 2 aromatic carbocycles. The largest absolute Gasteiger partial charge is 0.490 e. The summed E-state index contributed by atoms with van der Waals surface area (Å²) in [5.74, 6) is -3.68. The lowest BCUT2D eigenvalue weighted by atomic mass is 10.0. The summed E-state index contributed by atoms with van der Waals surface area (Å²) in [6, 6.07) is 13.6. The van der Waals surface area contributed by atoms with Gasteiger partial charge in [0.25, 0.3) is 5.88 Å². The number of halogens is 4. The average molecular weight is 513 g/mol. The number of piperidine rings is 1. The third-order valence-electron chi connectivity index (χ3n) is 5.03. The van der Waals surface area contributed by atoms with Crippen molar-refractivity contribution in [2.24, 2.45) is 0 Å². The number of carbonyl (C=O) groups is 2. The highest BCUT2D eigenvalue weighted by Crippen LogP contribution is 2.34. The van der Waals surface area contributed by atoms with E-state index >= 15 is 0 Å². The molecule has 0 saturated carbocycles. The first-order valence-corrected chi connectivity index (χ1v) is 10.7. The van der Waals surface area contributed by atoms with Gasteiger partial charge in [0.05, 0.1) is 5.02 Å². The lowest BCUT2D eigenvalue weighted by Gasteiger charge is -2.28. The smallest absolute Gasteiger partial charge is 0.476 e. The van der Waals surface area contributed by atoms with E-state index in [-0.39, 0.29) is 11.6 Å². The molecule has 1 aromatic heterocycles. The maximum atomic E-state index is 11.1. The molecule has 186 valence electrons. The van der Waals surface area contributed by atoms with Gasteiger partial charge in [-0.2, -0.15) is 13.2 Å². The predicted octanol–water partition coefficient (Wildman–Crippen LogP) is 5.24. The zero-order valence-corrected chi connectivity index (χ0v) is 18.8. The van der Waals surface area contributed by atoms with Crippen molar-refractivity contribution in [2.45, 2.75) is 25.4 Å². The average Bonchev–Trinajstić information content (AvgIpc) is 3.28. The number of carboxylic acids is 2. The van der Waals surface area contributed by atoms with Crippen LogP contribution in [0.4, 0.5) is 18.9 Å². The minimum atomic E-state index is -5.08. The number of carboxylic acid groups (broad SMARTS) is 2. The highest BCUT2D eigenvalue weighted by atomic mass is 35.5. The second kappa shape index (κ2) is 11.1. The number of hydrogen-bond donors (Lipinski definition) is 3. The Morgan fingerprint density at radius 1 is 1.03 bits per heavy atom. The first-order valence-electron chi connectivity index (χ1n) is 10.3. The van der Waals surface area contributed by atoms with Gasteiger partial charge >= 0.3 is 18.1 Å². The summed E-state index contributed by atoms with van der Waals surface area (Å²) in [5.41, 5.74) is 2.89. The standard InChI is InChI=1S/C20H19ClN4O3.C2HF3O2/c21-17-12-15(28-19-18(20(26)27)22-24-23-19)8-9-16(17)13-4-6-14(7-5-13)25-10-2-1-3-11-25;3-2(4,5)1(6)7/h4-9,12H,1-3,10-11H2,(H,26,27)(H,22,23,24);(H,6,7). The van der Waals surface area contributed by atoms with Crippen LogP contribution in [0.5, 0.6) is 11.6 Å². The number of ether oxygens (including phenoxy) is 1. The van der Waals surface area contributed by atoms with Crippen LogP contribution in [0.15, 0.2) is 42.5 Å². The van der Waals surface area contributed by atoms with Crippen LogP contribution in [0.3, 0.4) is 0 Å². The number of aromatic nitrogens is 3. The number of benzene rings is 2. The van der Waals surface area contributed by atoms with Crippen LogP contribution in [-0.2, 0) is 4.79 Å². The molecule has 0 spiro atoms. The van der Waals surface area contributed by atoms with E-state index in [4.69, 9.17) is 31.3 Å². The van der Waals surface area contributed by atoms with Gasteiger partial charge in [0.2, 0.25) is 5.69 Å². The topological polar surface area (TPSA) is 129 Å². The first-order chi connectivity index (χ1) is 16.6. The van der Waals surface area contributed by atoms with Crippen LogP contribution >= 0.6 is 11.6 Å². The number of aromatic carboxylic acids is 1. The van der Waals surface area contributed by atoms with E-state index < -0.39 is 18.1 Å². The fourth-order valence-electron chi connectivity index (χ4n) is 3.34. The maximum Gasteiger partial charge on any atom is 0.490 e. The molecule has 13 heteroatoms. The van der Waals surface area contributed by atoms with Gasteiger partial charge in [0.15, 0.2) is 0 Å². The van der Waals surface area contributed by atoms with E-state index in [9.17, 15) is 18.0 Å². The van der Waals surface area contributed by atoms with Crippen molar-refractivity contribution in [3.8, 4) is 22.8 Å². The number of alkyl halides is 3. The molecule has 2 heterocycles. The lowest BCUT2D eigenvalue weighted by molar-refractivity contribution is -0.192. The number of rotatable bonds is 5. The van der Waals surface area contributed by atoms with E-state index in [0.717, 1.165) is 24.2 Å². The number of hydrogen-bond acceptors (Lipinski definition) is 6. The maximum absolute atomic E-state index is 11.1. The molecule has 4 rings (SSSR count). The highest BCUT2D eigenvalue weighted by Gasteiger charge is 2.38. The quantitative estimate of drug-likeness (QED) is 0.423. The Labute approximate surface area is 202 Å². The number of nitrogens with zero attached hydrogens (tertiary/aromatic N) is 3. The molecule has 35 heavy (non-hydrogen) atoms. The minimum Gasteiger partial charge on any atom is -0.476 e. The van der Waals surface area contributed by atoms with Crippen LogP contribution in [0, 0.1) is 0 Å². The first kappa shape index (κ1) is 25.8. The molecule has 3 N–H and O–H groups in total. The second-order valence-electron chi connectivity index (χ2n) is 7.44. The molecule has 0 unspecified atom stereocenters. The minimum absolute atomic E-state index is 0.109.